The molecule has 0 aliphatic carbocycles. The molecule has 2 heterocycles. The summed E-state index contributed by atoms with van der Waals surface area (Å²) in [6, 6.07) is 16.0. The lowest BCUT2D eigenvalue weighted by molar-refractivity contribution is 0.122. The maximum atomic E-state index is 12.8. The highest BCUT2D eigenvalue weighted by Crippen LogP contribution is 2.24. The molecule has 6 heteroatoms. The number of urea groups is 1. The summed E-state index contributed by atoms with van der Waals surface area (Å²) < 4.78 is 5.43. The van der Waals surface area contributed by atoms with Crippen LogP contribution in [-0.2, 0) is 11.2 Å². The number of phenols is 1. The van der Waals surface area contributed by atoms with Crippen molar-refractivity contribution in [2.45, 2.75) is 38.6 Å². The molecule has 2 fully saturated rings. The average Bonchev–Trinajstić information content (AvgIpc) is 2.84. The van der Waals surface area contributed by atoms with Crippen molar-refractivity contribution in [1.29, 1.82) is 0 Å². The molecule has 0 saturated carbocycles. The molecule has 2 saturated heterocycles. The van der Waals surface area contributed by atoms with Crippen LogP contribution in [0.4, 0.5) is 10.5 Å². The smallest absolute Gasteiger partial charge is 0.317 e. The number of aromatic hydroxyl groups is 1. The summed E-state index contributed by atoms with van der Waals surface area (Å²) in [5.41, 5.74) is 3.60. The van der Waals surface area contributed by atoms with Gasteiger partial charge in [-0.05, 0) is 73.9 Å². The van der Waals surface area contributed by atoms with Crippen molar-refractivity contribution in [2.24, 2.45) is 5.92 Å². The van der Waals surface area contributed by atoms with Gasteiger partial charge in [-0.1, -0.05) is 24.3 Å². The largest absolute Gasteiger partial charge is 0.508 e. The van der Waals surface area contributed by atoms with Crippen LogP contribution in [0.2, 0.25) is 0 Å². The highest BCUT2D eigenvalue weighted by molar-refractivity contribution is 5.74. The van der Waals surface area contributed by atoms with Gasteiger partial charge in [-0.15, -0.1) is 0 Å². The molecular weight excluding hydrogens is 402 g/mol. The number of hydrogen-bond donors (Lipinski definition) is 2. The predicted octanol–water partition coefficient (Wildman–Crippen LogP) is 4.34. The van der Waals surface area contributed by atoms with E-state index in [0.29, 0.717) is 11.7 Å². The van der Waals surface area contributed by atoms with Gasteiger partial charge in [0.05, 0.1) is 19.3 Å². The van der Waals surface area contributed by atoms with Crippen LogP contribution in [0.5, 0.6) is 5.75 Å². The molecule has 2 amide bonds. The zero-order valence-corrected chi connectivity index (χ0v) is 19.0. The molecule has 6 nitrogen and oxygen atoms in total. The third-order valence-electron chi connectivity index (χ3n) is 6.79. The Hall–Kier alpha value is -2.73. The van der Waals surface area contributed by atoms with Gasteiger partial charge in [0, 0.05) is 31.9 Å². The van der Waals surface area contributed by atoms with Crippen molar-refractivity contribution >= 4 is 11.7 Å². The minimum atomic E-state index is -0.0199. The molecule has 2 aromatic rings. The number of amides is 2. The van der Waals surface area contributed by atoms with E-state index in [9.17, 15) is 9.90 Å². The minimum absolute atomic E-state index is 0.0199. The summed E-state index contributed by atoms with van der Waals surface area (Å²) >= 11 is 0. The molecule has 32 heavy (non-hydrogen) atoms. The third kappa shape index (κ3) is 5.94. The first-order valence-corrected chi connectivity index (χ1v) is 11.8. The number of anilines is 1. The van der Waals surface area contributed by atoms with Gasteiger partial charge in [0.15, 0.2) is 0 Å². The molecular formula is C26H35N3O3. The first-order chi connectivity index (χ1) is 15.6. The van der Waals surface area contributed by atoms with Gasteiger partial charge in [0.1, 0.15) is 5.75 Å². The fourth-order valence-electron chi connectivity index (χ4n) is 4.61. The van der Waals surface area contributed by atoms with Crippen LogP contribution in [-0.4, -0.2) is 55.4 Å². The van der Waals surface area contributed by atoms with Gasteiger partial charge < -0.3 is 25.0 Å². The molecule has 2 aromatic carbocycles. The molecule has 0 radical (unpaired) electrons. The molecule has 0 aromatic heterocycles. The number of nitrogens with zero attached hydrogens (tertiary/aromatic N) is 2. The van der Waals surface area contributed by atoms with Gasteiger partial charge in [-0.25, -0.2) is 4.79 Å². The van der Waals surface area contributed by atoms with Gasteiger partial charge in [0.25, 0.3) is 0 Å². The van der Waals surface area contributed by atoms with E-state index in [0.717, 1.165) is 70.6 Å². The van der Waals surface area contributed by atoms with E-state index >= 15 is 0 Å². The normalized spacial score (nSPS) is 18.4. The fraction of sp³-hybridized carbons (Fsp3) is 0.500. The number of morpholine rings is 1. The first kappa shape index (κ1) is 22.5. The van der Waals surface area contributed by atoms with Crippen molar-refractivity contribution in [3.63, 3.8) is 0 Å². The van der Waals surface area contributed by atoms with E-state index in [1.165, 1.54) is 11.3 Å². The van der Waals surface area contributed by atoms with E-state index in [1.54, 1.807) is 12.1 Å². The van der Waals surface area contributed by atoms with Crippen LogP contribution in [0.1, 0.15) is 43.4 Å². The molecule has 2 N–H and O–H groups in total. The van der Waals surface area contributed by atoms with E-state index < -0.39 is 0 Å². The second-order valence-electron chi connectivity index (χ2n) is 9.00. The molecule has 1 atom stereocenters. The summed E-state index contributed by atoms with van der Waals surface area (Å²) in [6.45, 7) is 7.09. The number of benzene rings is 2. The van der Waals surface area contributed by atoms with Crippen LogP contribution in [0.3, 0.4) is 0 Å². The van der Waals surface area contributed by atoms with Crippen LogP contribution in [0.25, 0.3) is 0 Å². The van der Waals surface area contributed by atoms with Crippen molar-refractivity contribution in [3.8, 4) is 5.75 Å². The van der Waals surface area contributed by atoms with E-state index in [-0.39, 0.29) is 12.1 Å². The summed E-state index contributed by atoms with van der Waals surface area (Å²) in [5, 5.41) is 12.6. The number of phenolic OH excluding ortho intramolecular Hbond substituents is 1. The van der Waals surface area contributed by atoms with Crippen molar-refractivity contribution in [3.05, 3.63) is 59.7 Å². The zero-order valence-electron chi connectivity index (χ0n) is 19.0. The molecule has 0 bridgehead atoms. The first-order valence-electron chi connectivity index (χ1n) is 11.8. The lowest BCUT2D eigenvalue weighted by Gasteiger charge is -2.33. The number of carbonyl (C=O) groups is 1. The average molecular weight is 438 g/mol. The number of hydrogen-bond acceptors (Lipinski definition) is 4. The summed E-state index contributed by atoms with van der Waals surface area (Å²) in [6.07, 6.45) is 4.25. The number of ether oxygens (including phenoxy) is 1. The fourth-order valence-corrected chi connectivity index (χ4v) is 4.61. The molecule has 0 unspecified atom stereocenters. The Labute approximate surface area is 191 Å². The lowest BCUT2D eigenvalue weighted by atomic mass is 9.90. The topological polar surface area (TPSA) is 65.0 Å². The van der Waals surface area contributed by atoms with E-state index in [4.69, 9.17) is 4.74 Å². The maximum absolute atomic E-state index is 12.8. The minimum Gasteiger partial charge on any atom is -0.508 e. The van der Waals surface area contributed by atoms with Crippen LogP contribution in [0.15, 0.2) is 48.5 Å². The third-order valence-corrected chi connectivity index (χ3v) is 6.79. The predicted molar refractivity (Wildman–Crippen MR) is 127 cm³/mol. The quantitative estimate of drug-likeness (QED) is 0.705. The SMILES string of the molecule is C[C@@H](NC(=O)N1CCC(CCc2ccc(O)cc2)CC1)c1ccc(N2CCOCC2)cc1. The number of nitrogens with one attached hydrogen (secondary N) is 1. The summed E-state index contributed by atoms with van der Waals surface area (Å²) in [5.74, 6) is 0.966. The summed E-state index contributed by atoms with van der Waals surface area (Å²) in [4.78, 5) is 17.1. The second-order valence-corrected chi connectivity index (χ2v) is 9.00. The number of piperidine rings is 1. The van der Waals surface area contributed by atoms with Crippen LogP contribution in [0, 0.1) is 5.92 Å². The zero-order chi connectivity index (χ0) is 22.3. The number of likely N-dealkylation sites (tertiary alicyclic amines) is 1. The van der Waals surface area contributed by atoms with Gasteiger partial charge in [-0.3, -0.25) is 0 Å². The Morgan fingerprint density at radius 1 is 1.03 bits per heavy atom. The van der Waals surface area contributed by atoms with Gasteiger partial charge >= 0.3 is 6.03 Å². The van der Waals surface area contributed by atoms with Crippen molar-refractivity contribution < 1.29 is 14.6 Å². The monoisotopic (exact) mass is 437 g/mol. The number of aryl methyl sites for hydroxylation is 1. The molecule has 4 rings (SSSR count). The van der Waals surface area contributed by atoms with E-state index in [2.05, 4.69) is 34.5 Å². The molecule has 172 valence electrons. The Morgan fingerprint density at radius 2 is 1.69 bits per heavy atom. The highest BCUT2D eigenvalue weighted by atomic mass is 16.5. The van der Waals surface area contributed by atoms with E-state index in [1.807, 2.05) is 24.0 Å². The van der Waals surface area contributed by atoms with Gasteiger partial charge in [-0.2, -0.15) is 0 Å². The van der Waals surface area contributed by atoms with Gasteiger partial charge in [0.2, 0.25) is 0 Å². The maximum Gasteiger partial charge on any atom is 0.317 e. The lowest BCUT2D eigenvalue weighted by Crippen LogP contribution is -2.45. The molecule has 0 spiro atoms. The highest BCUT2D eigenvalue weighted by Gasteiger charge is 2.24. The van der Waals surface area contributed by atoms with Crippen LogP contribution >= 0.6 is 0 Å². The molecule has 2 aliphatic heterocycles. The Morgan fingerprint density at radius 3 is 2.34 bits per heavy atom. The standard InChI is InChI=1S/C26H35N3O3/c1-20(23-6-8-24(9-7-23)28-16-18-32-19-17-28)27-26(31)29-14-12-22(13-15-29)3-2-21-4-10-25(30)11-5-21/h4-11,20,22,30H,2-3,12-19H2,1H3,(H,27,31)/t20-/m1/s1. The van der Waals surface area contributed by atoms with Crippen molar-refractivity contribution in [2.75, 3.05) is 44.3 Å². The Balaban J connectivity index is 1.20. The molecule has 2 aliphatic rings. The van der Waals surface area contributed by atoms with Crippen LogP contribution < -0.4 is 10.2 Å². The van der Waals surface area contributed by atoms with Crippen molar-refractivity contribution in [1.82, 2.24) is 10.2 Å². The summed E-state index contributed by atoms with van der Waals surface area (Å²) in [7, 11) is 0. The Bertz CT molecular complexity index is 855. The Kier molecular flexibility index (Phi) is 7.53. The second kappa shape index (κ2) is 10.7. The number of rotatable bonds is 6. The number of carbonyl (C=O) groups excluding carboxylic acids is 1.